The summed E-state index contributed by atoms with van der Waals surface area (Å²) in [5.74, 6) is 0. The molecule has 2 radical (unpaired) electrons. The number of thioether (sulfide) groups is 1. The Labute approximate surface area is 106 Å². The van der Waals surface area contributed by atoms with Crippen LogP contribution in [0.15, 0.2) is 23.1 Å². The predicted molar refractivity (Wildman–Crippen MR) is 72.8 cm³/mol. The summed E-state index contributed by atoms with van der Waals surface area (Å²) in [6, 6.07) is 6.33. The Hall–Kier alpha value is -0.320. The molecule has 1 unspecified atom stereocenters. The summed E-state index contributed by atoms with van der Waals surface area (Å²) < 4.78 is 0.0658. The van der Waals surface area contributed by atoms with E-state index >= 15 is 0 Å². The predicted octanol–water partition coefficient (Wildman–Crippen LogP) is 3.71. The van der Waals surface area contributed by atoms with E-state index in [0.29, 0.717) is 0 Å². The van der Waals surface area contributed by atoms with E-state index in [9.17, 15) is 5.14 Å². The first-order valence-electron chi connectivity index (χ1n) is 5.31. The van der Waals surface area contributed by atoms with Crippen molar-refractivity contribution in [3.8, 4) is 0 Å². The smallest absolute Gasteiger partial charge is 0.144 e. The lowest BCUT2D eigenvalue weighted by Crippen LogP contribution is -2.44. The molecule has 0 saturated carbocycles. The molecule has 86 valence electrons. The fourth-order valence-electron chi connectivity index (χ4n) is 2.02. The summed E-state index contributed by atoms with van der Waals surface area (Å²) in [5, 5.41) is 9.42. The summed E-state index contributed by atoms with van der Waals surface area (Å²) in [5.41, 5.74) is 2.56. The van der Waals surface area contributed by atoms with Gasteiger partial charge in [0.15, 0.2) is 0 Å². The van der Waals surface area contributed by atoms with E-state index in [0.717, 1.165) is 11.9 Å². The summed E-state index contributed by atoms with van der Waals surface area (Å²) in [6.07, 6.45) is 0. The number of hydrogen-bond donors (Lipinski definition) is 0. The highest BCUT2D eigenvalue weighted by molar-refractivity contribution is 8.16. The van der Waals surface area contributed by atoms with Crippen LogP contribution in [0.25, 0.3) is 0 Å². The second-order valence-electron chi connectivity index (χ2n) is 4.99. The lowest BCUT2D eigenvalue weighted by atomic mass is 10.0. The van der Waals surface area contributed by atoms with Crippen LogP contribution < -0.4 is 10.0 Å². The van der Waals surface area contributed by atoms with E-state index in [1.54, 1.807) is 11.8 Å². The first-order chi connectivity index (χ1) is 7.45. The molecular weight excluding hydrogens is 236 g/mol. The van der Waals surface area contributed by atoms with E-state index in [-0.39, 0.29) is 10.2 Å². The van der Waals surface area contributed by atoms with Crippen molar-refractivity contribution >= 4 is 29.4 Å². The van der Waals surface area contributed by atoms with Gasteiger partial charge in [-0.2, -0.15) is 0 Å². The van der Waals surface area contributed by atoms with Gasteiger partial charge >= 0.3 is 0 Å². The van der Waals surface area contributed by atoms with Crippen LogP contribution in [0.2, 0.25) is 0 Å². The molecule has 2 nitrogen and oxygen atoms in total. The van der Waals surface area contributed by atoms with Crippen LogP contribution in [-0.2, 0) is 0 Å². The maximum Gasteiger partial charge on any atom is 0.144 e. The summed E-state index contributed by atoms with van der Waals surface area (Å²) >= 11 is 2.65. The van der Waals surface area contributed by atoms with Gasteiger partial charge in [-0.1, -0.05) is 29.0 Å². The van der Waals surface area contributed by atoms with Gasteiger partial charge in [-0.15, -0.1) is 0 Å². The van der Waals surface area contributed by atoms with Crippen molar-refractivity contribution in [1.82, 2.24) is 5.14 Å². The molecule has 1 aromatic carbocycles. The standard InChI is InChI=1S/C12H16N2S2/c1-8-6-5-7-9-10(8)14(12(2,3)4)11(15-9)16-13/h5-7,11H,1-4H3. The average Bonchev–Trinajstić information content (AvgIpc) is 2.57. The van der Waals surface area contributed by atoms with Crippen molar-refractivity contribution in [1.29, 1.82) is 0 Å². The number of nitrogens with zero attached hydrogens (tertiary/aromatic N) is 2. The first-order valence-corrected chi connectivity index (χ1v) is 7.02. The maximum absolute atomic E-state index is 9.42. The largest absolute Gasteiger partial charge is 0.343 e. The van der Waals surface area contributed by atoms with Crippen molar-refractivity contribution in [2.45, 2.75) is 42.8 Å². The highest BCUT2D eigenvalue weighted by Crippen LogP contribution is 2.51. The second kappa shape index (κ2) is 4.17. The number of hydrogen-bond acceptors (Lipinski definition) is 3. The van der Waals surface area contributed by atoms with Crippen LogP contribution in [0.3, 0.4) is 0 Å². The zero-order chi connectivity index (χ0) is 11.9. The molecule has 0 saturated heterocycles. The van der Waals surface area contributed by atoms with Crippen molar-refractivity contribution in [3.63, 3.8) is 0 Å². The van der Waals surface area contributed by atoms with E-state index in [1.807, 2.05) is 0 Å². The normalized spacial score (nSPS) is 20.1. The summed E-state index contributed by atoms with van der Waals surface area (Å²) in [7, 11) is 0. The molecule has 1 aliphatic rings. The molecule has 1 aliphatic heterocycles. The fourth-order valence-corrected chi connectivity index (χ4v) is 4.29. The van der Waals surface area contributed by atoms with E-state index in [2.05, 4.69) is 50.8 Å². The molecule has 16 heavy (non-hydrogen) atoms. The molecule has 4 heteroatoms. The Bertz CT molecular complexity index is 398. The van der Waals surface area contributed by atoms with Crippen molar-refractivity contribution in [2.24, 2.45) is 0 Å². The van der Waals surface area contributed by atoms with Gasteiger partial charge < -0.3 is 4.90 Å². The third-order valence-corrected chi connectivity index (χ3v) is 4.63. The minimum atomic E-state index is 0.0186. The van der Waals surface area contributed by atoms with Crippen LogP contribution in [0.4, 0.5) is 5.69 Å². The molecule has 0 aliphatic carbocycles. The molecular formula is C12H16N2S2. The molecule has 0 bridgehead atoms. The van der Waals surface area contributed by atoms with Gasteiger partial charge in [0.25, 0.3) is 0 Å². The minimum absolute atomic E-state index is 0.0186. The van der Waals surface area contributed by atoms with Crippen molar-refractivity contribution in [2.75, 3.05) is 4.90 Å². The number of benzene rings is 1. The molecule has 0 spiro atoms. The van der Waals surface area contributed by atoms with Crippen LogP contribution in [-0.4, -0.2) is 10.2 Å². The van der Waals surface area contributed by atoms with Gasteiger partial charge in [-0.05, 0) is 51.3 Å². The third kappa shape index (κ3) is 1.94. The third-order valence-electron chi connectivity index (χ3n) is 2.69. The highest BCUT2D eigenvalue weighted by Gasteiger charge is 2.38. The molecule has 0 N–H and O–H groups in total. The minimum Gasteiger partial charge on any atom is -0.343 e. The van der Waals surface area contributed by atoms with Crippen LogP contribution in [0, 0.1) is 6.92 Å². The first kappa shape index (κ1) is 12.1. The summed E-state index contributed by atoms with van der Waals surface area (Å²) in [4.78, 5) is 3.56. The van der Waals surface area contributed by atoms with E-state index in [1.165, 1.54) is 16.1 Å². The Morgan fingerprint density at radius 2 is 2.06 bits per heavy atom. The molecule has 0 aromatic heterocycles. The Morgan fingerprint density at radius 1 is 1.38 bits per heavy atom. The van der Waals surface area contributed by atoms with Gasteiger partial charge in [-0.25, -0.2) is 0 Å². The average molecular weight is 252 g/mol. The van der Waals surface area contributed by atoms with Gasteiger partial charge in [0.2, 0.25) is 0 Å². The van der Waals surface area contributed by atoms with Crippen molar-refractivity contribution < 1.29 is 0 Å². The maximum atomic E-state index is 9.42. The van der Waals surface area contributed by atoms with Crippen molar-refractivity contribution in [3.05, 3.63) is 23.8 Å². The molecule has 1 atom stereocenters. The quantitative estimate of drug-likeness (QED) is 0.713. The zero-order valence-electron chi connectivity index (χ0n) is 10.0. The monoisotopic (exact) mass is 252 g/mol. The van der Waals surface area contributed by atoms with Gasteiger partial charge in [0.05, 0.1) is 5.69 Å². The molecule has 1 aromatic rings. The highest BCUT2D eigenvalue weighted by atomic mass is 32.2. The topological polar surface area (TPSA) is 25.5 Å². The number of rotatable bonds is 1. The van der Waals surface area contributed by atoms with E-state index in [4.69, 9.17) is 0 Å². The lowest BCUT2D eigenvalue weighted by molar-refractivity contribution is 0.524. The molecule has 0 amide bonds. The van der Waals surface area contributed by atoms with Crippen LogP contribution in [0.1, 0.15) is 26.3 Å². The fraction of sp³-hybridized carbons (Fsp3) is 0.500. The van der Waals surface area contributed by atoms with Gasteiger partial charge in [-0.3, -0.25) is 0 Å². The van der Waals surface area contributed by atoms with Crippen LogP contribution >= 0.6 is 23.7 Å². The Balaban J connectivity index is 2.52. The number of para-hydroxylation sites is 1. The summed E-state index contributed by atoms with van der Waals surface area (Å²) in [6.45, 7) is 8.66. The number of anilines is 1. The van der Waals surface area contributed by atoms with Gasteiger partial charge in [0, 0.05) is 10.4 Å². The number of fused-ring (bicyclic) bond motifs is 1. The molecule has 1 heterocycles. The SMILES string of the molecule is Cc1cccc2c1N(C(C)(C)C)C(S[N])S2. The Morgan fingerprint density at radius 3 is 2.62 bits per heavy atom. The molecule has 0 fully saturated rings. The van der Waals surface area contributed by atoms with Crippen LogP contribution in [0.5, 0.6) is 0 Å². The van der Waals surface area contributed by atoms with Gasteiger partial charge in [0.1, 0.15) is 4.71 Å². The lowest BCUT2D eigenvalue weighted by Gasteiger charge is -2.38. The second-order valence-corrected chi connectivity index (χ2v) is 7.07. The molecule has 2 rings (SSSR count). The number of aryl methyl sites for hydroxylation is 1. The Kier molecular flexibility index (Phi) is 3.16. The van der Waals surface area contributed by atoms with E-state index < -0.39 is 0 Å². The zero-order valence-corrected chi connectivity index (χ0v) is 11.7.